The molecule has 2 N–H and O–H groups in total. The van der Waals surface area contributed by atoms with Crippen LogP contribution in [0.4, 0.5) is 0 Å². The molecular formula is C16H24BrN5O2. The lowest BCUT2D eigenvalue weighted by molar-refractivity contribution is -0.135. The van der Waals surface area contributed by atoms with Crippen LogP contribution in [0.15, 0.2) is 4.47 Å². The molecule has 0 bridgehead atoms. The molecule has 24 heavy (non-hydrogen) atoms. The Labute approximate surface area is 150 Å². The number of hydrogen-bond acceptors (Lipinski definition) is 4. The topological polar surface area (TPSA) is 81.3 Å². The van der Waals surface area contributed by atoms with Crippen LogP contribution in [0, 0.1) is 0 Å². The van der Waals surface area contributed by atoms with Crippen LogP contribution < -0.4 is 5.32 Å². The molecule has 7 nitrogen and oxygen atoms in total. The highest BCUT2D eigenvalue weighted by Crippen LogP contribution is 2.27. The summed E-state index contributed by atoms with van der Waals surface area (Å²) in [6.07, 6.45) is 1.86. The summed E-state index contributed by atoms with van der Waals surface area (Å²) >= 11 is 3.51. The Hall–Kier alpha value is -1.41. The number of piperazine rings is 1. The predicted octanol–water partition coefficient (Wildman–Crippen LogP) is 1.33. The number of rotatable bonds is 3. The zero-order chi connectivity index (χ0) is 17.3. The Morgan fingerprint density at radius 1 is 1.38 bits per heavy atom. The maximum absolute atomic E-state index is 12.9. The number of piperidine rings is 1. The molecule has 0 spiro atoms. The lowest BCUT2D eigenvalue weighted by Crippen LogP contribution is -2.57. The van der Waals surface area contributed by atoms with Gasteiger partial charge in [-0.15, -0.1) is 0 Å². The molecule has 2 aliphatic rings. The Morgan fingerprint density at radius 2 is 2.17 bits per heavy atom. The third-order valence-corrected chi connectivity index (χ3v) is 5.57. The maximum Gasteiger partial charge on any atom is 0.275 e. The third kappa shape index (κ3) is 3.35. The second-order valence-corrected chi connectivity index (χ2v) is 7.56. The Balaban J connectivity index is 1.72. The Bertz CT molecular complexity index is 630. The van der Waals surface area contributed by atoms with Crippen LogP contribution in [0.5, 0.6) is 0 Å². The molecule has 1 atom stereocenters. The molecule has 8 heteroatoms. The number of hydrogen-bond donors (Lipinski definition) is 2. The molecule has 0 aliphatic carbocycles. The summed E-state index contributed by atoms with van der Waals surface area (Å²) in [6, 6.07) is 0.111. The van der Waals surface area contributed by atoms with Crippen molar-refractivity contribution in [1.82, 2.24) is 25.3 Å². The molecule has 0 radical (unpaired) electrons. The minimum atomic E-state index is -0.0719. The second kappa shape index (κ2) is 7.23. The fourth-order valence-corrected chi connectivity index (χ4v) is 4.22. The summed E-state index contributed by atoms with van der Waals surface area (Å²) < 4.78 is 0.753. The lowest BCUT2D eigenvalue weighted by Gasteiger charge is -2.41. The van der Waals surface area contributed by atoms with Gasteiger partial charge in [-0.3, -0.25) is 14.7 Å². The van der Waals surface area contributed by atoms with Crippen LogP contribution in [-0.4, -0.2) is 70.6 Å². The fourth-order valence-electron chi connectivity index (χ4n) is 3.42. The molecule has 3 rings (SSSR count). The van der Waals surface area contributed by atoms with Crippen LogP contribution in [0.2, 0.25) is 0 Å². The van der Waals surface area contributed by atoms with Gasteiger partial charge >= 0.3 is 0 Å². The first kappa shape index (κ1) is 17.4. The highest BCUT2D eigenvalue weighted by molar-refractivity contribution is 9.10. The van der Waals surface area contributed by atoms with Crippen molar-refractivity contribution >= 4 is 27.7 Å². The van der Waals surface area contributed by atoms with Crippen molar-refractivity contribution in [1.29, 1.82) is 0 Å². The van der Waals surface area contributed by atoms with E-state index in [4.69, 9.17) is 0 Å². The number of carbonyl (C=O) groups excluding carboxylic acids is 2. The highest BCUT2D eigenvalue weighted by Gasteiger charge is 2.33. The number of halogens is 1. The monoisotopic (exact) mass is 397 g/mol. The summed E-state index contributed by atoms with van der Waals surface area (Å²) in [4.78, 5) is 28.7. The van der Waals surface area contributed by atoms with Gasteiger partial charge in [0, 0.05) is 32.2 Å². The molecule has 3 heterocycles. The van der Waals surface area contributed by atoms with Gasteiger partial charge in [0.2, 0.25) is 5.91 Å². The standard InChI is InChI=1S/C16H24BrN5O2/c1-10(2)14-13(17)15(20-19-14)16(24)21-6-3-4-11(9-21)22-7-5-18-8-12(22)23/h10-11,18H,3-9H2,1-2H3,(H,19,20). The molecule has 1 unspecified atom stereocenters. The van der Waals surface area contributed by atoms with Crippen molar-refractivity contribution in [3.63, 3.8) is 0 Å². The summed E-state index contributed by atoms with van der Waals surface area (Å²) in [6.45, 7) is 7.34. The first-order chi connectivity index (χ1) is 11.5. The van der Waals surface area contributed by atoms with Crippen LogP contribution in [0.3, 0.4) is 0 Å². The molecule has 1 aromatic heterocycles. The molecule has 2 fully saturated rings. The number of likely N-dealkylation sites (tertiary alicyclic amines) is 1. The van der Waals surface area contributed by atoms with Crippen LogP contribution in [0.1, 0.15) is 48.8 Å². The normalized spacial score (nSPS) is 22.3. The van der Waals surface area contributed by atoms with Gasteiger partial charge in [0.25, 0.3) is 5.91 Å². The predicted molar refractivity (Wildman–Crippen MR) is 93.9 cm³/mol. The van der Waals surface area contributed by atoms with Crippen LogP contribution in [0.25, 0.3) is 0 Å². The van der Waals surface area contributed by atoms with E-state index in [0.29, 0.717) is 25.3 Å². The van der Waals surface area contributed by atoms with Crippen molar-refractivity contribution in [2.24, 2.45) is 0 Å². The van der Waals surface area contributed by atoms with Crippen molar-refractivity contribution in [2.45, 2.75) is 38.6 Å². The number of aromatic nitrogens is 2. The first-order valence-electron chi connectivity index (χ1n) is 8.52. The number of amides is 2. The van der Waals surface area contributed by atoms with Crippen molar-refractivity contribution in [3.8, 4) is 0 Å². The second-order valence-electron chi connectivity index (χ2n) is 6.77. The summed E-state index contributed by atoms with van der Waals surface area (Å²) in [5.74, 6) is 0.321. The highest BCUT2D eigenvalue weighted by atomic mass is 79.9. The van der Waals surface area contributed by atoms with E-state index in [2.05, 4.69) is 45.3 Å². The first-order valence-corrected chi connectivity index (χ1v) is 9.31. The zero-order valence-corrected chi connectivity index (χ0v) is 15.7. The lowest BCUT2D eigenvalue weighted by atomic mass is 10.0. The summed E-state index contributed by atoms with van der Waals surface area (Å²) in [7, 11) is 0. The van der Waals surface area contributed by atoms with Crippen LogP contribution in [-0.2, 0) is 4.79 Å². The van der Waals surface area contributed by atoms with E-state index in [1.165, 1.54) is 0 Å². The summed E-state index contributed by atoms with van der Waals surface area (Å²) in [5.41, 5.74) is 1.37. The van der Waals surface area contributed by atoms with E-state index in [-0.39, 0.29) is 23.8 Å². The maximum atomic E-state index is 12.9. The van der Waals surface area contributed by atoms with Crippen molar-refractivity contribution in [3.05, 3.63) is 15.9 Å². The number of H-pyrrole nitrogens is 1. The molecular weight excluding hydrogens is 374 g/mol. The van der Waals surface area contributed by atoms with Gasteiger partial charge in [0.05, 0.1) is 16.7 Å². The molecule has 2 aliphatic heterocycles. The number of nitrogens with one attached hydrogen (secondary N) is 2. The van der Waals surface area contributed by atoms with Gasteiger partial charge in [-0.2, -0.15) is 5.10 Å². The summed E-state index contributed by atoms with van der Waals surface area (Å²) in [5, 5.41) is 10.3. The smallest absolute Gasteiger partial charge is 0.275 e. The van der Waals surface area contributed by atoms with Gasteiger partial charge < -0.3 is 15.1 Å². The molecule has 0 aromatic carbocycles. The van der Waals surface area contributed by atoms with Gasteiger partial charge in [-0.1, -0.05) is 13.8 Å². The van der Waals surface area contributed by atoms with Crippen molar-refractivity contribution < 1.29 is 9.59 Å². The molecule has 2 amide bonds. The SMILES string of the molecule is CC(C)c1[nH]nc(C(=O)N2CCCC(N3CCNCC3=O)C2)c1Br. The number of carbonyl (C=O) groups is 2. The number of aromatic amines is 1. The minimum absolute atomic E-state index is 0.0719. The third-order valence-electron chi connectivity index (χ3n) is 4.76. The fraction of sp³-hybridized carbons (Fsp3) is 0.688. The van der Waals surface area contributed by atoms with E-state index in [0.717, 1.165) is 36.1 Å². The van der Waals surface area contributed by atoms with Gasteiger partial charge in [0.1, 0.15) is 0 Å². The minimum Gasteiger partial charge on any atom is -0.336 e. The van der Waals surface area contributed by atoms with Crippen LogP contribution >= 0.6 is 15.9 Å². The molecule has 0 saturated carbocycles. The molecule has 2 saturated heterocycles. The van der Waals surface area contributed by atoms with E-state index in [1.807, 2.05) is 9.80 Å². The van der Waals surface area contributed by atoms with Crippen molar-refractivity contribution in [2.75, 3.05) is 32.7 Å². The largest absolute Gasteiger partial charge is 0.336 e. The molecule has 132 valence electrons. The van der Waals surface area contributed by atoms with Gasteiger partial charge in [0.15, 0.2) is 5.69 Å². The quantitative estimate of drug-likeness (QED) is 0.805. The van der Waals surface area contributed by atoms with E-state index < -0.39 is 0 Å². The van der Waals surface area contributed by atoms with Gasteiger partial charge in [-0.05, 0) is 34.7 Å². The average molecular weight is 398 g/mol. The van der Waals surface area contributed by atoms with Gasteiger partial charge in [-0.25, -0.2) is 0 Å². The Kier molecular flexibility index (Phi) is 5.24. The van der Waals surface area contributed by atoms with E-state index in [9.17, 15) is 9.59 Å². The Morgan fingerprint density at radius 3 is 2.83 bits per heavy atom. The number of nitrogens with zero attached hydrogens (tertiary/aromatic N) is 3. The zero-order valence-electron chi connectivity index (χ0n) is 14.1. The molecule has 1 aromatic rings. The average Bonchev–Trinajstić information content (AvgIpc) is 2.96. The van der Waals surface area contributed by atoms with E-state index >= 15 is 0 Å². The van der Waals surface area contributed by atoms with E-state index in [1.54, 1.807) is 0 Å².